The number of rotatable bonds is 7. The van der Waals surface area contributed by atoms with Gasteiger partial charge in [-0.15, -0.1) is 0 Å². The maximum Gasteiger partial charge on any atom is 0.338 e. The van der Waals surface area contributed by atoms with Gasteiger partial charge in [-0.25, -0.2) is 4.79 Å². The van der Waals surface area contributed by atoms with Gasteiger partial charge in [-0.1, -0.05) is 11.6 Å². The van der Waals surface area contributed by atoms with E-state index in [0.717, 1.165) is 0 Å². The van der Waals surface area contributed by atoms with E-state index in [1.165, 1.54) is 19.2 Å². The van der Waals surface area contributed by atoms with Gasteiger partial charge in [0.1, 0.15) is 17.4 Å². The largest absolute Gasteiger partial charge is 0.493 e. The number of esters is 1. The van der Waals surface area contributed by atoms with Crippen LogP contribution in [0.15, 0.2) is 34.9 Å². The second kappa shape index (κ2) is 9.21. The van der Waals surface area contributed by atoms with Crippen molar-refractivity contribution in [1.29, 1.82) is 5.26 Å². The number of nitrogens with zero attached hydrogens (tertiary/aromatic N) is 1. The zero-order valence-electron chi connectivity index (χ0n) is 16.1. The van der Waals surface area contributed by atoms with Gasteiger partial charge in [-0.2, -0.15) is 5.26 Å². The fourth-order valence-electron chi connectivity index (χ4n) is 2.88. The minimum Gasteiger partial charge on any atom is -0.493 e. The summed E-state index contributed by atoms with van der Waals surface area (Å²) in [6.07, 6.45) is 0. The molecule has 0 aromatic heterocycles. The first-order valence-electron chi connectivity index (χ1n) is 8.49. The van der Waals surface area contributed by atoms with E-state index in [0.29, 0.717) is 5.56 Å². The van der Waals surface area contributed by atoms with E-state index >= 15 is 0 Å². The molecule has 154 valence electrons. The van der Waals surface area contributed by atoms with E-state index < -0.39 is 24.4 Å². The van der Waals surface area contributed by atoms with Crippen molar-refractivity contribution < 1.29 is 28.5 Å². The molecule has 0 fully saturated rings. The lowest BCUT2D eigenvalue weighted by Gasteiger charge is -2.27. The third kappa shape index (κ3) is 4.55. The summed E-state index contributed by atoms with van der Waals surface area (Å²) in [6.45, 7) is 2.93. The van der Waals surface area contributed by atoms with Crippen LogP contribution in [0.1, 0.15) is 25.3 Å². The molecule has 0 saturated carbocycles. The molecular weight excluding hydrogens is 402 g/mol. The molecule has 4 N–H and O–H groups in total. The van der Waals surface area contributed by atoms with Gasteiger partial charge in [0.25, 0.3) is 5.91 Å². The third-order valence-corrected chi connectivity index (χ3v) is 4.33. The summed E-state index contributed by atoms with van der Waals surface area (Å²) in [4.78, 5) is 23.6. The van der Waals surface area contributed by atoms with Gasteiger partial charge in [0.05, 0.1) is 30.2 Å². The maximum absolute atomic E-state index is 12.6. The number of benzene rings is 1. The van der Waals surface area contributed by atoms with E-state index in [-0.39, 0.29) is 45.9 Å². The Labute approximate surface area is 172 Å². The van der Waals surface area contributed by atoms with Crippen molar-refractivity contribution in [1.82, 2.24) is 0 Å². The first kappa shape index (κ1) is 21.9. The fourth-order valence-corrected chi connectivity index (χ4v) is 3.15. The van der Waals surface area contributed by atoms with Gasteiger partial charge in [-0.05, 0) is 31.5 Å². The molecule has 1 heterocycles. The number of allylic oxidation sites excluding steroid dienone is 2. The predicted octanol–water partition coefficient (Wildman–Crippen LogP) is 1.86. The Kier molecular flexibility index (Phi) is 6.96. The van der Waals surface area contributed by atoms with Crippen molar-refractivity contribution in [2.24, 2.45) is 11.5 Å². The molecule has 10 heteroatoms. The summed E-state index contributed by atoms with van der Waals surface area (Å²) in [5.41, 5.74) is 11.5. The average Bonchev–Trinajstić information content (AvgIpc) is 2.65. The quantitative estimate of drug-likeness (QED) is 0.634. The van der Waals surface area contributed by atoms with Crippen molar-refractivity contribution in [2.45, 2.75) is 19.8 Å². The summed E-state index contributed by atoms with van der Waals surface area (Å²) in [5.74, 6) is -1.90. The number of hydrogen-bond donors (Lipinski definition) is 2. The lowest BCUT2D eigenvalue weighted by Crippen LogP contribution is -2.25. The van der Waals surface area contributed by atoms with Crippen LogP contribution in [0, 0.1) is 11.3 Å². The highest BCUT2D eigenvalue weighted by molar-refractivity contribution is 6.32. The summed E-state index contributed by atoms with van der Waals surface area (Å²) in [5, 5.41) is 9.71. The average molecular weight is 422 g/mol. The Morgan fingerprint density at radius 3 is 2.62 bits per heavy atom. The molecule has 0 saturated heterocycles. The zero-order chi connectivity index (χ0) is 21.7. The van der Waals surface area contributed by atoms with Gasteiger partial charge in [0, 0.05) is 0 Å². The van der Waals surface area contributed by atoms with Gasteiger partial charge in [-0.3, -0.25) is 4.79 Å². The molecule has 0 bridgehead atoms. The van der Waals surface area contributed by atoms with Crippen molar-refractivity contribution in [3.8, 4) is 17.6 Å². The topological polar surface area (TPSA) is 147 Å². The molecule has 29 heavy (non-hydrogen) atoms. The number of nitriles is 1. The maximum atomic E-state index is 12.6. The summed E-state index contributed by atoms with van der Waals surface area (Å²) in [7, 11) is 1.37. The van der Waals surface area contributed by atoms with Crippen LogP contribution >= 0.6 is 11.6 Å². The molecule has 1 aromatic rings. The molecule has 0 aliphatic carbocycles. The van der Waals surface area contributed by atoms with E-state index in [4.69, 9.17) is 42.0 Å². The van der Waals surface area contributed by atoms with Gasteiger partial charge >= 0.3 is 5.97 Å². The zero-order valence-corrected chi connectivity index (χ0v) is 16.8. The fraction of sp³-hybridized carbons (Fsp3) is 0.316. The molecule has 2 rings (SSSR count). The van der Waals surface area contributed by atoms with Crippen LogP contribution in [0.25, 0.3) is 0 Å². The second-order valence-electron chi connectivity index (χ2n) is 5.90. The minimum atomic E-state index is -0.899. The molecule has 1 amide bonds. The van der Waals surface area contributed by atoms with Crippen LogP contribution in [0.4, 0.5) is 0 Å². The number of primary amides is 1. The molecule has 0 radical (unpaired) electrons. The lowest BCUT2D eigenvalue weighted by molar-refractivity contribution is -0.139. The minimum absolute atomic E-state index is 0.0163. The second-order valence-corrected chi connectivity index (χ2v) is 6.31. The van der Waals surface area contributed by atoms with Crippen LogP contribution in [-0.2, 0) is 19.1 Å². The first-order valence-corrected chi connectivity index (χ1v) is 8.86. The normalized spacial score (nSPS) is 16.0. The predicted molar refractivity (Wildman–Crippen MR) is 103 cm³/mol. The van der Waals surface area contributed by atoms with Gasteiger partial charge in [0.15, 0.2) is 18.1 Å². The van der Waals surface area contributed by atoms with E-state index in [1.807, 2.05) is 6.07 Å². The van der Waals surface area contributed by atoms with Crippen molar-refractivity contribution in [3.63, 3.8) is 0 Å². The van der Waals surface area contributed by atoms with Crippen LogP contribution < -0.4 is 20.9 Å². The number of hydrogen-bond acceptors (Lipinski definition) is 8. The number of amides is 1. The van der Waals surface area contributed by atoms with E-state index in [9.17, 15) is 14.9 Å². The first-order chi connectivity index (χ1) is 13.7. The Morgan fingerprint density at radius 2 is 2.07 bits per heavy atom. The molecule has 1 aromatic carbocycles. The Hall–Kier alpha value is -3.38. The molecule has 1 aliphatic rings. The number of nitrogens with two attached hydrogens (primary N) is 2. The Morgan fingerprint density at radius 1 is 1.38 bits per heavy atom. The Balaban J connectivity index is 2.65. The number of carbonyl (C=O) groups excluding carboxylic acids is 2. The van der Waals surface area contributed by atoms with E-state index in [1.54, 1.807) is 13.8 Å². The van der Waals surface area contributed by atoms with Crippen LogP contribution in [-0.4, -0.2) is 32.2 Å². The van der Waals surface area contributed by atoms with Crippen molar-refractivity contribution >= 4 is 23.5 Å². The molecule has 1 aliphatic heterocycles. The Bertz CT molecular complexity index is 948. The van der Waals surface area contributed by atoms with Crippen molar-refractivity contribution in [2.75, 3.05) is 20.3 Å². The molecule has 0 spiro atoms. The van der Waals surface area contributed by atoms with Crippen LogP contribution in [0.2, 0.25) is 5.02 Å². The summed E-state index contributed by atoms with van der Waals surface area (Å²) >= 11 is 6.32. The molecular formula is C19H20ClN3O6. The standard InChI is InChI=1S/C19H20ClN3O6/c1-4-27-19(25)15-9(2)29-18(23)11(7-21)16(15)10-5-12(20)17(13(6-10)26-3)28-8-14(22)24/h5-6,16H,4,8,23H2,1-3H3,(H2,22,24)/t16-/m0/s1. The van der Waals surface area contributed by atoms with Gasteiger partial charge < -0.3 is 30.4 Å². The number of carbonyl (C=O) groups is 2. The molecule has 1 atom stereocenters. The number of halogens is 1. The third-order valence-electron chi connectivity index (χ3n) is 4.04. The smallest absolute Gasteiger partial charge is 0.338 e. The van der Waals surface area contributed by atoms with E-state index in [2.05, 4.69) is 0 Å². The highest BCUT2D eigenvalue weighted by Gasteiger charge is 2.37. The SMILES string of the molecule is CCOC(=O)C1=C(C)OC(N)=C(C#N)[C@@H]1c1cc(Cl)c(OCC(N)=O)c(OC)c1. The monoisotopic (exact) mass is 421 g/mol. The summed E-state index contributed by atoms with van der Waals surface area (Å²) < 4.78 is 21.1. The van der Waals surface area contributed by atoms with Crippen molar-refractivity contribution in [3.05, 3.63) is 45.5 Å². The number of methoxy groups -OCH3 is 1. The summed E-state index contributed by atoms with van der Waals surface area (Å²) in [6, 6.07) is 4.98. The highest BCUT2D eigenvalue weighted by atomic mass is 35.5. The number of ether oxygens (including phenoxy) is 4. The van der Waals surface area contributed by atoms with Gasteiger partial charge in [0.2, 0.25) is 5.88 Å². The van der Waals surface area contributed by atoms with Crippen LogP contribution in [0.3, 0.4) is 0 Å². The highest BCUT2D eigenvalue weighted by Crippen LogP contribution is 2.44. The molecule has 0 unspecified atom stereocenters. The van der Waals surface area contributed by atoms with Crippen LogP contribution in [0.5, 0.6) is 11.5 Å². The lowest BCUT2D eigenvalue weighted by atomic mass is 9.83. The molecule has 9 nitrogen and oxygen atoms in total.